The summed E-state index contributed by atoms with van der Waals surface area (Å²) in [7, 11) is 0. The first-order chi connectivity index (χ1) is 14.4. The summed E-state index contributed by atoms with van der Waals surface area (Å²) >= 11 is 0. The van der Waals surface area contributed by atoms with E-state index in [1.54, 1.807) is 17.0 Å². The summed E-state index contributed by atoms with van der Waals surface area (Å²) in [6.07, 6.45) is 0.808. The van der Waals surface area contributed by atoms with E-state index in [9.17, 15) is 14.7 Å². The van der Waals surface area contributed by atoms with E-state index in [2.05, 4.69) is 10.2 Å². The Kier molecular flexibility index (Phi) is 6.50. The van der Waals surface area contributed by atoms with Crippen LogP contribution >= 0.6 is 0 Å². The van der Waals surface area contributed by atoms with Gasteiger partial charge < -0.3 is 26.0 Å². The number of para-hydroxylation sites is 1. The molecule has 1 fully saturated rings. The number of hydrogen-bond acceptors (Lipinski definition) is 5. The van der Waals surface area contributed by atoms with Crippen molar-refractivity contribution in [1.82, 2.24) is 4.90 Å². The van der Waals surface area contributed by atoms with E-state index in [4.69, 9.17) is 5.73 Å². The van der Waals surface area contributed by atoms with E-state index in [0.29, 0.717) is 25.9 Å². The second-order valence-corrected chi connectivity index (χ2v) is 7.60. The number of likely N-dealkylation sites (tertiary alicyclic amines) is 1. The molecule has 0 aliphatic carbocycles. The smallest absolute Gasteiger partial charge is 0.257 e. The lowest BCUT2D eigenvalue weighted by Gasteiger charge is -2.40. The van der Waals surface area contributed by atoms with Crippen LogP contribution in [0.4, 0.5) is 11.4 Å². The Labute approximate surface area is 177 Å². The van der Waals surface area contributed by atoms with Crippen molar-refractivity contribution in [3.05, 3.63) is 54.1 Å². The van der Waals surface area contributed by atoms with Crippen molar-refractivity contribution in [2.45, 2.75) is 32.2 Å². The van der Waals surface area contributed by atoms with E-state index in [-0.39, 0.29) is 17.2 Å². The summed E-state index contributed by atoms with van der Waals surface area (Å²) in [6.45, 7) is 6.47. The number of rotatable bonds is 7. The van der Waals surface area contributed by atoms with Crippen molar-refractivity contribution in [2.24, 2.45) is 5.73 Å². The summed E-state index contributed by atoms with van der Waals surface area (Å²) in [5.41, 5.74) is 6.81. The maximum atomic E-state index is 13.0. The van der Waals surface area contributed by atoms with Crippen LogP contribution in [-0.2, 0) is 4.79 Å². The van der Waals surface area contributed by atoms with Gasteiger partial charge in [-0.1, -0.05) is 18.2 Å². The maximum Gasteiger partial charge on any atom is 0.257 e. The van der Waals surface area contributed by atoms with Crippen LogP contribution in [0.15, 0.2) is 48.5 Å². The minimum Gasteiger partial charge on any atom is -0.507 e. The molecular formula is C23H30N4O3. The lowest BCUT2D eigenvalue weighted by molar-refractivity contribution is -0.123. The highest BCUT2D eigenvalue weighted by atomic mass is 16.3. The number of carbonyl (C=O) groups excluding carboxylic acids is 2. The van der Waals surface area contributed by atoms with E-state index in [1.165, 1.54) is 0 Å². The number of primary amides is 1. The molecule has 0 saturated carbocycles. The van der Waals surface area contributed by atoms with Crippen molar-refractivity contribution >= 4 is 23.2 Å². The Morgan fingerprint density at radius 2 is 1.73 bits per heavy atom. The molecule has 0 spiro atoms. The second kappa shape index (κ2) is 9.07. The lowest BCUT2D eigenvalue weighted by atomic mass is 9.86. The van der Waals surface area contributed by atoms with Crippen LogP contribution in [0.1, 0.15) is 37.0 Å². The van der Waals surface area contributed by atoms with Crippen LogP contribution in [0.25, 0.3) is 0 Å². The highest BCUT2D eigenvalue weighted by Crippen LogP contribution is 2.30. The molecule has 7 heteroatoms. The molecule has 0 unspecified atom stereocenters. The van der Waals surface area contributed by atoms with Gasteiger partial charge in [0.1, 0.15) is 11.3 Å². The zero-order valence-electron chi connectivity index (χ0n) is 17.6. The molecule has 160 valence electrons. The zero-order chi connectivity index (χ0) is 21.7. The molecule has 1 aliphatic rings. The summed E-state index contributed by atoms with van der Waals surface area (Å²) in [4.78, 5) is 29.0. The number of piperidine rings is 1. The number of nitrogens with zero attached hydrogens (tertiary/aromatic N) is 2. The number of carbonyl (C=O) groups is 2. The van der Waals surface area contributed by atoms with Gasteiger partial charge in [-0.15, -0.1) is 0 Å². The van der Waals surface area contributed by atoms with Crippen molar-refractivity contribution in [2.75, 3.05) is 36.4 Å². The number of phenolic OH excluding ortho intramolecular Hbond substituents is 1. The second-order valence-electron chi connectivity index (χ2n) is 7.60. The molecule has 30 heavy (non-hydrogen) atoms. The lowest BCUT2D eigenvalue weighted by Crippen LogP contribution is -2.57. The average Bonchev–Trinajstić information content (AvgIpc) is 2.75. The first kappa shape index (κ1) is 21.5. The molecule has 0 aromatic heterocycles. The minimum atomic E-state index is -0.896. The molecule has 0 radical (unpaired) electrons. The van der Waals surface area contributed by atoms with Crippen molar-refractivity contribution in [1.29, 1.82) is 0 Å². The first-order valence-corrected chi connectivity index (χ1v) is 10.4. The van der Waals surface area contributed by atoms with Gasteiger partial charge in [-0.3, -0.25) is 9.59 Å². The highest BCUT2D eigenvalue weighted by molar-refractivity contribution is 5.98. The van der Waals surface area contributed by atoms with Gasteiger partial charge >= 0.3 is 0 Å². The number of benzene rings is 2. The van der Waals surface area contributed by atoms with Crippen LogP contribution in [0.5, 0.6) is 5.75 Å². The molecule has 0 atom stereocenters. The van der Waals surface area contributed by atoms with Gasteiger partial charge in [-0.2, -0.15) is 0 Å². The Morgan fingerprint density at radius 3 is 2.27 bits per heavy atom. The van der Waals surface area contributed by atoms with Crippen LogP contribution in [-0.4, -0.2) is 53.5 Å². The van der Waals surface area contributed by atoms with Gasteiger partial charge in [0, 0.05) is 43.6 Å². The predicted molar refractivity (Wildman–Crippen MR) is 119 cm³/mol. The van der Waals surface area contributed by atoms with Crippen molar-refractivity contribution in [3.8, 4) is 5.75 Å². The van der Waals surface area contributed by atoms with E-state index in [1.807, 2.05) is 50.2 Å². The average molecular weight is 411 g/mol. The van der Waals surface area contributed by atoms with Crippen LogP contribution < -0.4 is 16.0 Å². The van der Waals surface area contributed by atoms with Gasteiger partial charge in [0.15, 0.2) is 0 Å². The molecule has 0 bridgehead atoms. The molecule has 1 saturated heterocycles. The van der Waals surface area contributed by atoms with Crippen molar-refractivity contribution in [3.63, 3.8) is 0 Å². The van der Waals surface area contributed by atoms with Crippen molar-refractivity contribution < 1.29 is 14.7 Å². The Balaban J connectivity index is 1.72. The standard InChI is InChI=1S/C23H30N4O3/c1-3-26(4-2)18-10-11-19(20(28)16-18)21(29)27-14-12-23(13-15-27,22(24)30)25-17-8-6-5-7-9-17/h5-11,16,25,28H,3-4,12-15H2,1-2H3,(H2,24,30). The SMILES string of the molecule is CCN(CC)c1ccc(C(=O)N2CCC(Nc3ccccc3)(C(N)=O)CC2)c(O)c1. The van der Waals surface area contributed by atoms with E-state index < -0.39 is 11.4 Å². The molecule has 2 amide bonds. The van der Waals surface area contributed by atoms with Gasteiger partial charge in [-0.05, 0) is 51.0 Å². The third-order valence-corrected chi connectivity index (χ3v) is 5.87. The number of phenols is 1. The quantitative estimate of drug-likeness (QED) is 0.652. The minimum absolute atomic E-state index is 0.0291. The number of amides is 2. The van der Waals surface area contributed by atoms with Crippen LogP contribution in [0.2, 0.25) is 0 Å². The molecule has 3 rings (SSSR count). The van der Waals surface area contributed by atoms with E-state index in [0.717, 1.165) is 24.5 Å². The number of aromatic hydroxyl groups is 1. The maximum absolute atomic E-state index is 13.0. The molecule has 4 N–H and O–H groups in total. The largest absolute Gasteiger partial charge is 0.507 e. The van der Waals surface area contributed by atoms with Crippen LogP contribution in [0, 0.1) is 0 Å². The predicted octanol–water partition coefficient (Wildman–Crippen LogP) is 2.81. The fourth-order valence-corrected chi connectivity index (χ4v) is 3.98. The zero-order valence-corrected chi connectivity index (χ0v) is 17.6. The summed E-state index contributed by atoms with van der Waals surface area (Å²) in [5, 5.41) is 13.7. The van der Waals surface area contributed by atoms with Gasteiger partial charge in [-0.25, -0.2) is 0 Å². The molecule has 7 nitrogen and oxygen atoms in total. The molecule has 1 heterocycles. The number of hydrogen-bond donors (Lipinski definition) is 3. The van der Waals surface area contributed by atoms with Gasteiger partial charge in [0.2, 0.25) is 5.91 Å². The molecule has 1 aliphatic heterocycles. The fraction of sp³-hybridized carbons (Fsp3) is 0.391. The summed E-state index contributed by atoms with van der Waals surface area (Å²) < 4.78 is 0. The summed E-state index contributed by atoms with van der Waals surface area (Å²) in [5.74, 6) is -0.695. The third kappa shape index (κ3) is 4.35. The Morgan fingerprint density at radius 1 is 1.10 bits per heavy atom. The monoisotopic (exact) mass is 410 g/mol. The molecular weight excluding hydrogens is 380 g/mol. The normalized spacial score (nSPS) is 15.5. The van der Waals surface area contributed by atoms with Gasteiger partial charge in [0.05, 0.1) is 5.56 Å². The summed E-state index contributed by atoms with van der Waals surface area (Å²) in [6, 6.07) is 14.6. The Hall–Kier alpha value is -3.22. The topological polar surface area (TPSA) is 98.9 Å². The van der Waals surface area contributed by atoms with Gasteiger partial charge in [0.25, 0.3) is 5.91 Å². The molecule has 2 aromatic carbocycles. The number of nitrogens with one attached hydrogen (secondary N) is 1. The number of anilines is 2. The fourth-order valence-electron chi connectivity index (χ4n) is 3.98. The third-order valence-electron chi connectivity index (χ3n) is 5.87. The Bertz CT molecular complexity index is 889. The molecule has 2 aromatic rings. The number of nitrogens with two attached hydrogens (primary N) is 1. The van der Waals surface area contributed by atoms with Crippen LogP contribution in [0.3, 0.4) is 0 Å². The highest BCUT2D eigenvalue weighted by Gasteiger charge is 2.41. The van der Waals surface area contributed by atoms with E-state index >= 15 is 0 Å². The first-order valence-electron chi connectivity index (χ1n) is 10.4.